The van der Waals surface area contributed by atoms with Gasteiger partial charge in [-0.3, -0.25) is 9.59 Å². The molecule has 1 aromatic carbocycles. The van der Waals surface area contributed by atoms with Crippen LogP contribution in [0.3, 0.4) is 0 Å². The molecule has 1 heterocycles. The van der Waals surface area contributed by atoms with Gasteiger partial charge in [0.25, 0.3) is 5.56 Å². The van der Waals surface area contributed by atoms with Crippen LogP contribution in [0.4, 0.5) is 27.6 Å². The number of hydrogen-bond acceptors (Lipinski definition) is 4. The van der Waals surface area contributed by atoms with Crippen molar-refractivity contribution in [2.24, 2.45) is 0 Å². The number of methoxy groups -OCH3 is 1. The first kappa shape index (κ1) is 25.3. The molecule has 2 rings (SSSR count). The Hall–Kier alpha value is -2.95. The predicted octanol–water partition coefficient (Wildman–Crippen LogP) is 3.52. The molecule has 1 amide bonds. The number of aliphatic hydroxyl groups excluding tert-OH is 1. The average molecular weight is 462 g/mol. The van der Waals surface area contributed by atoms with Crippen molar-refractivity contribution < 1.29 is 36.6 Å². The van der Waals surface area contributed by atoms with E-state index in [0.717, 1.165) is 23.2 Å². The molecule has 2 aromatic rings. The summed E-state index contributed by atoms with van der Waals surface area (Å²) in [5, 5.41) is 9.29. The fourth-order valence-corrected chi connectivity index (χ4v) is 3.35. The van der Waals surface area contributed by atoms with Gasteiger partial charge in [0.1, 0.15) is 23.1 Å². The van der Waals surface area contributed by atoms with E-state index in [1.54, 1.807) is 6.92 Å². The van der Waals surface area contributed by atoms with E-state index in [9.17, 15) is 36.6 Å². The molecule has 1 aromatic heterocycles. The highest BCUT2D eigenvalue weighted by atomic mass is 19.4. The van der Waals surface area contributed by atoms with Crippen LogP contribution in [-0.2, 0) is 11.3 Å². The lowest BCUT2D eigenvalue weighted by atomic mass is 9.94. The van der Waals surface area contributed by atoms with Crippen molar-refractivity contribution in [2.45, 2.75) is 45.0 Å². The minimum Gasteiger partial charge on any atom is -0.497 e. The molecule has 0 saturated heterocycles. The Kier molecular flexibility index (Phi) is 8.00. The van der Waals surface area contributed by atoms with E-state index in [1.165, 1.54) is 20.1 Å². The molecule has 6 nitrogen and oxygen atoms in total. The number of aromatic nitrogens is 1. The van der Waals surface area contributed by atoms with Crippen molar-refractivity contribution >= 4 is 12.1 Å². The lowest BCUT2D eigenvalue weighted by Crippen LogP contribution is -2.39. The number of nitrogens with zero attached hydrogens (tertiary/aromatic N) is 2. The summed E-state index contributed by atoms with van der Waals surface area (Å²) in [6, 6.07) is 3.29. The quantitative estimate of drug-likeness (QED) is 0.457. The number of hydrogen-bond donors (Lipinski definition) is 1. The van der Waals surface area contributed by atoms with Crippen LogP contribution in [0.15, 0.2) is 29.2 Å². The molecule has 0 aliphatic rings. The summed E-state index contributed by atoms with van der Waals surface area (Å²) in [5.74, 6) is -2.68. The highest BCUT2D eigenvalue weighted by Crippen LogP contribution is 2.31. The SMILES string of the molecule is CCC(CN(C=O)c1c(C)ccn(CC(O)C(F)(F)F)c1=O)c1c(F)cc(OC)cc1F. The Bertz CT molecular complexity index is 999. The molecule has 176 valence electrons. The van der Waals surface area contributed by atoms with E-state index < -0.39 is 41.9 Å². The van der Waals surface area contributed by atoms with Crippen molar-refractivity contribution in [3.05, 3.63) is 57.5 Å². The van der Waals surface area contributed by atoms with Crippen molar-refractivity contribution in [3.63, 3.8) is 0 Å². The number of amides is 1. The second-order valence-electron chi connectivity index (χ2n) is 7.23. The molecule has 2 atom stereocenters. The normalized spacial score (nSPS) is 13.5. The summed E-state index contributed by atoms with van der Waals surface area (Å²) in [6.07, 6.45) is -6.19. The van der Waals surface area contributed by atoms with Crippen molar-refractivity contribution in [2.75, 3.05) is 18.6 Å². The fraction of sp³-hybridized carbons (Fsp3) is 0.429. The predicted molar refractivity (Wildman–Crippen MR) is 107 cm³/mol. The van der Waals surface area contributed by atoms with Crippen molar-refractivity contribution in [3.8, 4) is 5.75 Å². The number of pyridine rings is 1. The number of carbonyl (C=O) groups excluding carboxylic acids is 1. The Balaban J connectivity index is 2.45. The smallest absolute Gasteiger partial charge is 0.416 e. The molecule has 0 bridgehead atoms. The minimum atomic E-state index is -4.94. The number of anilines is 1. The van der Waals surface area contributed by atoms with E-state index in [-0.39, 0.29) is 41.9 Å². The molecule has 0 radical (unpaired) electrons. The summed E-state index contributed by atoms with van der Waals surface area (Å²) in [5.41, 5.74) is -1.23. The summed E-state index contributed by atoms with van der Waals surface area (Å²) in [6.45, 7) is 1.73. The van der Waals surface area contributed by atoms with Crippen LogP contribution in [-0.4, -0.2) is 42.0 Å². The zero-order valence-corrected chi connectivity index (χ0v) is 17.6. The maximum Gasteiger partial charge on any atom is 0.416 e. The van der Waals surface area contributed by atoms with E-state index in [2.05, 4.69) is 0 Å². The molecule has 0 saturated carbocycles. The molecule has 2 unspecified atom stereocenters. The molecule has 0 fully saturated rings. The molecule has 1 N–H and O–H groups in total. The Morgan fingerprint density at radius 1 is 1.25 bits per heavy atom. The van der Waals surface area contributed by atoms with Crippen LogP contribution in [0.5, 0.6) is 5.75 Å². The molecular formula is C21H23F5N2O4. The van der Waals surface area contributed by atoms with Crippen molar-refractivity contribution in [1.29, 1.82) is 0 Å². The first-order valence-corrected chi connectivity index (χ1v) is 9.64. The zero-order valence-electron chi connectivity index (χ0n) is 17.6. The van der Waals surface area contributed by atoms with Gasteiger partial charge in [-0.05, 0) is 25.0 Å². The van der Waals surface area contributed by atoms with Gasteiger partial charge in [0, 0.05) is 36.4 Å². The lowest BCUT2D eigenvalue weighted by Gasteiger charge is -2.26. The number of aliphatic hydroxyl groups is 1. The van der Waals surface area contributed by atoms with Gasteiger partial charge in [-0.1, -0.05) is 6.92 Å². The van der Waals surface area contributed by atoms with Crippen molar-refractivity contribution in [1.82, 2.24) is 4.57 Å². The van der Waals surface area contributed by atoms with Gasteiger partial charge in [-0.15, -0.1) is 0 Å². The lowest BCUT2D eigenvalue weighted by molar-refractivity contribution is -0.207. The van der Waals surface area contributed by atoms with E-state index in [4.69, 9.17) is 4.74 Å². The highest BCUT2D eigenvalue weighted by molar-refractivity contribution is 5.76. The van der Waals surface area contributed by atoms with Crippen LogP contribution >= 0.6 is 0 Å². The Morgan fingerprint density at radius 2 is 1.84 bits per heavy atom. The second-order valence-corrected chi connectivity index (χ2v) is 7.23. The van der Waals surface area contributed by atoms with E-state index >= 15 is 0 Å². The summed E-state index contributed by atoms with van der Waals surface area (Å²) in [7, 11) is 1.25. The van der Waals surface area contributed by atoms with Gasteiger partial charge >= 0.3 is 6.18 Å². The molecule has 11 heteroatoms. The second kappa shape index (κ2) is 10.1. The van der Waals surface area contributed by atoms with Crippen LogP contribution in [0.2, 0.25) is 0 Å². The molecule has 0 spiro atoms. The Labute approximate surface area is 180 Å². The third kappa shape index (κ3) is 5.45. The summed E-state index contributed by atoms with van der Waals surface area (Å²) >= 11 is 0. The summed E-state index contributed by atoms with van der Waals surface area (Å²) in [4.78, 5) is 25.5. The maximum absolute atomic E-state index is 14.5. The number of halogens is 5. The van der Waals surface area contributed by atoms with Gasteiger partial charge < -0.3 is 19.3 Å². The van der Waals surface area contributed by atoms with Crippen LogP contribution in [0, 0.1) is 18.6 Å². The standard InChI is InChI=1S/C21H23F5N2O4/c1-4-13(18-15(22)7-14(32-3)8-16(18)23)9-28(11-29)19-12(2)5-6-27(20(19)31)10-17(30)21(24,25)26/h5-8,11,13,17,30H,4,9-10H2,1-3H3. The van der Waals surface area contributed by atoms with Gasteiger partial charge in [-0.25, -0.2) is 8.78 Å². The topological polar surface area (TPSA) is 71.8 Å². The largest absolute Gasteiger partial charge is 0.497 e. The first-order valence-electron chi connectivity index (χ1n) is 9.64. The Morgan fingerprint density at radius 3 is 2.31 bits per heavy atom. The number of alkyl halides is 3. The average Bonchev–Trinajstić information content (AvgIpc) is 2.72. The number of ether oxygens (including phenoxy) is 1. The maximum atomic E-state index is 14.5. The van der Waals surface area contributed by atoms with Gasteiger partial charge in [0.2, 0.25) is 6.41 Å². The van der Waals surface area contributed by atoms with Crippen LogP contribution in [0.1, 0.15) is 30.4 Å². The highest BCUT2D eigenvalue weighted by Gasteiger charge is 2.38. The van der Waals surface area contributed by atoms with Gasteiger partial charge in [0.05, 0.1) is 13.7 Å². The molecule has 32 heavy (non-hydrogen) atoms. The molecule has 0 aliphatic heterocycles. The van der Waals surface area contributed by atoms with Gasteiger partial charge in [0.15, 0.2) is 6.10 Å². The van der Waals surface area contributed by atoms with Gasteiger partial charge in [-0.2, -0.15) is 13.2 Å². The third-order valence-electron chi connectivity index (χ3n) is 5.11. The van der Waals surface area contributed by atoms with Crippen LogP contribution < -0.4 is 15.2 Å². The van der Waals surface area contributed by atoms with E-state index in [0.29, 0.717) is 4.57 Å². The monoisotopic (exact) mass is 462 g/mol. The van der Waals surface area contributed by atoms with E-state index in [1.807, 2.05) is 0 Å². The van der Waals surface area contributed by atoms with Crippen LogP contribution in [0.25, 0.3) is 0 Å². The minimum absolute atomic E-state index is 0.0316. The fourth-order valence-electron chi connectivity index (χ4n) is 3.35. The first-order chi connectivity index (χ1) is 14.9. The summed E-state index contributed by atoms with van der Waals surface area (Å²) < 4.78 is 72.6. The molecular weight excluding hydrogens is 439 g/mol. The zero-order chi connectivity index (χ0) is 24.2. The third-order valence-corrected chi connectivity index (χ3v) is 5.11. The number of rotatable bonds is 9. The number of aryl methyl sites for hydroxylation is 1. The number of carbonyl (C=O) groups is 1. The molecule has 0 aliphatic carbocycles. The number of benzene rings is 1.